The van der Waals surface area contributed by atoms with Crippen LogP contribution in [-0.2, 0) is 10.3 Å². The highest BCUT2D eigenvalue weighted by Crippen LogP contribution is 2.31. The first-order valence-electron chi connectivity index (χ1n) is 6.55. The Balaban J connectivity index is 1.86. The van der Waals surface area contributed by atoms with Crippen LogP contribution in [0.4, 0.5) is 13.2 Å². The van der Waals surface area contributed by atoms with E-state index in [1.807, 2.05) is 0 Å². The van der Waals surface area contributed by atoms with E-state index in [1.54, 1.807) is 0 Å². The van der Waals surface area contributed by atoms with E-state index < -0.39 is 17.7 Å². The van der Waals surface area contributed by atoms with Gasteiger partial charge in [-0.3, -0.25) is 0 Å². The first-order chi connectivity index (χ1) is 10.8. The lowest BCUT2D eigenvalue weighted by molar-refractivity contribution is -0.274. The van der Waals surface area contributed by atoms with E-state index in [1.165, 1.54) is 16.9 Å². The maximum absolute atomic E-state index is 12.2. The van der Waals surface area contributed by atoms with Crippen molar-refractivity contribution in [2.45, 2.75) is 18.4 Å². The number of benzene rings is 1. The van der Waals surface area contributed by atoms with Gasteiger partial charge in [0.25, 0.3) is 0 Å². The average Bonchev–Trinajstić information content (AvgIpc) is 3.07. The molecule has 1 aliphatic rings. The van der Waals surface area contributed by atoms with Crippen LogP contribution in [0, 0.1) is 0 Å². The molecule has 6 nitrogen and oxygen atoms in total. The standard InChI is InChI=1S/C13H11ClF3N3O3/c14-9-5-8(23-13(15,16)17)1-2-10(9)20-6-11(18-19-20)12(21)3-4-22-7-12/h1-2,5-6,21H,3-4,7H2. The largest absolute Gasteiger partial charge is 0.573 e. The minimum Gasteiger partial charge on any atom is -0.406 e. The molecule has 0 radical (unpaired) electrons. The van der Waals surface area contributed by atoms with Gasteiger partial charge >= 0.3 is 6.36 Å². The van der Waals surface area contributed by atoms with Crippen LogP contribution in [0.15, 0.2) is 24.4 Å². The van der Waals surface area contributed by atoms with Gasteiger partial charge in [0.05, 0.1) is 23.5 Å². The molecule has 0 bridgehead atoms. The van der Waals surface area contributed by atoms with Gasteiger partial charge in [-0.25, -0.2) is 4.68 Å². The third-order valence-corrected chi connectivity index (χ3v) is 3.67. The lowest BCUT2D eigenvalue weighted by Crippen LogP contribution is -2.26. The van der Waals surface area contributed by atoms with E-state index in [0.717, 1.165) is 12.1 Å². The molecule has 0 spiro atoms. The van der Waals surface area contributed by atoms with Crippen LogP contribution in [0.25, 0.3) is 5.69 Å². The van der Waals surface area contributed by atoms with Gasteiger partial charge in [-0.15, -0.1) is 18.3 Å². The number of ether oxygens (including phenoxy) is 2. The summed E-state index contributed by atoms with van der Waals surface area (Å²) in [7, 11) is 0. The maximum atomic E-state index is 12.2. The summed E-state index contributed by atoms with van der Waals surface area (Å²) in [5.41, 5.74) is -0.603. The average molecular weight is 350 g/mol. The minimum atomic E-state index is -4.79. The van der Waals surface area contributed by atoms with Gasteiger partial charge in [-0.05, 0) is 12.1 Å². The Hall–Kier alpha value is -1.84. The Morgan fingerprint density at radius 1 is 1.39 bits per heavy atom. The SMILES string of the molecule is OC1(c2cn(-c3ccc(OC(F)(F)F)cc3Cl)nn2)CCOC1. The molecule has 1 aromatic heterocycles. The molecule has 2 aromatic rings. The molecule has 0 saturated carbocycles. The lowest BCUT2D eigenvalue weighted by Gasteiger charge is -2.16. The molecule has 10 heteroatoms. The smallest absolute Gasteiger partial charge is 0.406 e. The van der Waals surface area contributed by atoms with Gasteiger partial charge in [0.15, 0.2) is 0 Å². The molecule has 1 atom stereocenters. The van der Waals surface area contributed by atoms with Crippen molar-refractivity contribution in [3.05, 3.63) is 35.1 Å². The zero-order valence-corrected chi connectivity index (χ0v) is 12.3. The molecule has 1 N–H and O–H groups in total. The summed E-state index contributed by atoms with van der Waals surface area (Å²) in [6.45, 7) is 0.519. The van der Waals surface area contributed by atoms with Gasteiger partial charge in [0.2, 0.25) is 0 Å². The first-order valence-corrected chi connectivity index (χ1v) is 6.93. The van der Waals surface area contributed by atoms with Crippen molar-refractivity contribution in [3.63, 3.8) is 0 Å². The molecule has 1 fully saturated rings. The van der Waals surface area contributed by atoms with Crippen molar-refractivity contribution < 1.29 is 27.8 Å². The van der Waals surface area contributed by atoms with Gasteiger partial charge < -0.3 is 14.6 Å². The summed E-state index contributed by atoms with van der Waals surface area (Å²) >= 11 is 5.97. The Kier molecular flexibility index (Phi) is 3.95. The number of nitrogens with zero attached hydrogens (tertiary/aromatic N) is 3. The third kappa shape index (κ3) is 3.41. The van der Waals surface area contributed by atoms with E-state index >= 15 is 0 Å². The number of aromatic nitrogens is 3. The van der Waals surface area contributed by atoms with Crippen LogP contribution in [0.1, 0.15) is 12.1 Å². The predicted octanol–water partition coefficient (Wildman–Crippen LogP) is 2.43. The van der Waals surface area contributed by atoms with Crippen molar-refractivity contribution in [1.29, 1.82) is 0 Å². The second kappa shape index (κ2) is 5.66. The van der Waals surface area contributed by atoms with Crippen LogP contribution < -0.4 is 4.74 Å². The Labute approximate surface area is 133 Å². The van der Waals surface area contributed by atoms with Crippen LogP contribution in [0.5, 0.6) is 5.75 Å². The van der Waals surface area contributed by atoms with Crippen molar-refractivity contribution in [2.75, 3.05) is 13.2 Å². The quantitative estimate of drug-likeness (QED) is 0.921. The minimum absolute atomic E-state index is 0.00198. The fourth-order valence-electron chi connectivity index (χ4n) is 2.22. The lowest BCUT2D eigenvalue weighted by atomic mass is 10.0. The maximum Gasteiger partial charge on any atom is 0.573 e. The second-order valence-corrected chi connectivity index (χ2v) is 5.45. The Morgan fingerprint density at radius 2 is 2.17 bits per heavy atom. The molecule has 1 saturated heterocycles. The fourth-order valence-corrected chi connectivity index (χ4v) is 2.48. The predicted molar refractivity (Wildman–Crippen MR) is 72.4 cm³/mol. The first kappa shape index (κ1) is 16.0. The molecule has 1 aliphatic heterocycles. The van der Waals surface area contributed by atoms with Gasteiger partial charge in [-0.1, -0.05) is 16.8 Å². The zero-order chi connectivity index (χ0) is 16.7. The number of hydrogen-bond donors (Lipinski definition) is 1. The van der Waals surface area contributed by atoms with E-state index in [4.69, 9.17) is 16.3 Å². The molecular weight excluding hydrogens is 339 g/mol. The molecule has 0 amide bonds. The molecule has 124 valence electrons. The molecule has 3 rings (SSSR count). The summed E-state index contributed by atoms with van der Waals surface area (Å²) < 4.78 is 46.7. The van der Waals surface area contributed by atoms with Crippen LogP contribution in [-0.4, -0.2) is 39.7 Å². The molecule has 2 heterocycles. The topological polar surface area (TPSA) is 69.4 Å². The van der Waals surface area contributed by atoms with Gasteiger partial charge in [0.1, 0.15) is 17.0 Å². The number of halogens is 4. The summed E-state index contributed by atoms with van der Waals surface area (Å²) in [5, 5.41) is 18.1. The number of hydrogen-bond acceptors (Lipinski definition) is 5. The number of alkyl halides is 3. The Morgan fingerprint density at radius 3 is 2.78 bits per heavy atom. The van der Waals surface area contributed by atoms with Crippen molar-refractivity contribution in [2.24, 2.45) is 0 Å². The fraction of sp³-hybridized carbons (Fsp3) is 0.385. The van der Waals surface area contributed by atoms with Gasteiger partial charge in [-0.2, -0.15) is 0 Å². The summed E-state index contributed by atoms with van der Waals surface area (Å²) in [6.07, 6.45) is -2.95. The highest BCUT2D eigenvalue weighted by atomic mass is 35.5. The highest BCUT2D eigenvalue weighted by molar-refractivity contribution is 6.32. The van der Waals surface area contributed by atoms with E-state index in [2.05, 4.69) is 15.0 Å². The van der Waals surface area contributed by atoms with Gasteiger partial charge in [0, 0.05) is 19.1 Å². The normalized spacial score (nSPS) is 21.6. The molecular formula is C13H11ClF3N3O3. The summed E-state index contributed by atoms with van der Waals surface area (Å²) in [4.78, 5) is 0. The molecule has 1 aromatic carbocycles. The summed E-state index contributed by atoms with van der Waals surface area (Å²) in [5.74, 6) is -0.436. The molecule has 0 aliphatic carbocycles. The molecule has 23 heavy (non-hydrogen) atoms. The number of aliphatic hydroxyl groups is 1. The van der Waals surface area contributed by atoms with E-state index in [9.17, 15) is 18.3 Å². The van der Waals surface area contributed by atoms with Crippen LogP contribution in [0.3, 0.4) is 0 Å². The van der Waals surface area contributed by atoms with E-state index in [0.29, 0.717) is 24.4 Å². The Bertz CT molecular complexity index is 714. The monoisotopic (exact) mass is 349 g/mol. The number of rotatable bonds is 3. The third-order valence-electron chi connectivity index (χ3n) is 3.37. The molecule has 1 unspecified atom stereocenters. The summed E-state index contributed by atoms with van der Waals surface area (Å²) in [6, 6.07) is 3.46. The van der Waals surface area contributed by atoms with Crippen molar-refractivity contribution in [1.82, 2.24) is 15.0 Å². The second-order valence-electron chi connectivity index (χ2n) is 5.04. The van der Waals surface area contributed by atoms with Crippen molar-refractivity contribution >= 4 is 11.6 Å². The van der Waals surface area contributed by atoms with Crippen molar-refractivity contribution in [3.8, 4) is 11.4 Å². The van der Waals surface area contributed by atoms with Crippen LogP contribution in [0.2, 0.25) is 5.02 Å². The zero-order valence-electron chi connectivity index (χ0n) is 11.5. The highest BCUT2D eigenvalue weighted by Gasteiger charge is 2.37. The van der Waals surface area contributed by atoms with E-state index in [-0.39, 0.29) is 11.6 Å². The van der Waals surface area contributed by atoms with Crippen LogP contribution >= 0.6 is 11.6 Å².